The number of carbonyl (C=O) groups is 1. The highest BCUT2D eigenvalue weighted by Crippen LogP contribution is 2.22. The first-order valence-corrected chi connectivity index (χ1v) is 12.9. The van der Waals surface area contributed by atoms with Crippen molar-refractivity contribution in [3.63, 3.8) is 0 Å². The minimum atomic E-state index is -0.215. The zero-order chi connectivity index (χ0) is 24.8. The number of aromatic nitrogens is 1. The van der Waals surface area contributed by atoms with Crippen LogP contribution in [0.4, 0.5) is 0 Å². The normalized spacial score (nSPS) is 11.2. The fourth-order valence-electron chi connectivity index (χ4n) is 4.02. The van der Waals surface area contributed by atoms with Gasteiger partial charge in [0, 0.05) is 39.7 Å². The molecular weight excluding hydrogens is 450 g/mol. The SMILES string of the molecule is Cc1ccc(-n2c(C)cc(/C=N/NC(=O)c3ccc(CSCc4ccccc4)cc3)c2C)cc1C. The molecule has 178 valence electrons. The average molecular weight is 482 g/mol. The fraction of sp³-hybridized carbons (Fsp3) is 0.200. The second kappa shape index (κ2) is 11.2. The first-order chi connectivity index (χ1) is 16.9. The monoisotopic (exact) mass is 481 g/mol. The Kier molecular flexibility index (Phi) is 7.88. The summed E-state index contributed by atoms with van der Waals surface area (Å²) in [4.78, 5) is 12.6. The average Bonchev–Trinajstić information content (AvgIpc) is 3.14. The zero-order valence-electron chi connectivity index (χ0n) is 20.7. The molecule has 1 N–H and O–H groups in total. The lowest BCUT2D eigenvalue weighted by atomic mass is 10.1. The van der Waals surface area contributed by atoms with Crippen LogP contribution in [0.15, 0.2) is 84.0 Å². The Morgan fingerprint density at radius 1 is 0.857 bits per heavy atom. The van der Waals surface area contributed by atoms with E-state index in [-0.39, 0.29) is 5.91 Å². The van der Waals surface area contributed by atoms with Crippen LogP contribution in [0.25, 0.3) is 5.69 Å². The lowest BCUT2D eigenvalue weighted by Crippen LogP contribution is -2.17. The summed E-state index contributed by atoms with van der Waals surface area (Å²) >= 11 is 1.86. The van der Waals surface area contributed by atoms with E-state index >= 15 is 0 Å². The minimum Gasteiger partial charge on any atom is -0.318 e. The van der Waals surface area contributed by atoms with Crippen LogP contribution in [0.3, 0.4) is 0 Å². The van der Waals surface area contributed by atoms with Crippen molar-refractivity contribution >= 4 is 23.9 Å². The van der Waals surface area contributed by atoms with Crippen molar-refractivity contribution in [2.45, 2.75) is 39.2 Å². The maximum atomic E-state index is 12.6. The molecule has 3 aromatic carbocycles. The number of hydrogen-bond donors (Lipinski definition) is 1. The quantitative estimate of drug-likeness (QED) is 0.220. The first kappa shape index (κ1) is 24.6. The van der Waals surface area contributed by atoms with Crippen LogP contribution in [0.5, 0.6) is 0 Å². The highest BCUT2D eigenvalue weighted by molar-refractivity contribution is 7.97. The van der Waals surface area contributed by atoms with E-state index in [0.29, 0.717) is 5.56 Å². The third-order valence-electron chi connectivity index (χ3n) is 6.19. The van der Waals surface area contributed by atoms with Crippen molar-refractivity contribution in [1.29, 1.82) is 0 Å². The molecule has 0 fully saturated rings. The number of nitrogens with zero attached hydrogens (tertiary/aromatic N) is 2. The van der Waals surface area contributed by atoms with Crippen LogP contribution in [0.2, 0.25) is 0 Å². The largest absolute Gasteiger partial charge is 0.318 e. The highest BCUT2D eigenvalue weighted by Gasteiger charge is 2.10. The predicted octanol–water partition coefficient (Wildman–Crippen LogP) is 6.91. The van der Waals surface area contributed by atoms with Crippen molar-refractivity contribution in [2.24, 2.45) is 5.10 Å². The number of thioether (sulfide) groups is 1. The van der Waals surface area contributed by atoms with Gasteiger partial charge < -0.3 is 4.57 Å². The Morgan fingerprint density at radius 2 is 1.54 bits per heavy atom. The molecule has 0 spiro atoms. The molecule has 0 radical (unpaired) electrons. The van der Waals surface area contributed by atoms with Crippen LogP contribution in [-0.4, -0.2) is 16.7 Å². The Hall–Kier alpha value is -3.57. The number of amides is 1. The number of rotatable bonds is 8. The van der Waals surface area contributed by atoms with Gasteiger partial charge in [-0.3, -0.25) is 4.79 Å². The topological polar surface area (TPSA) is 46.4 Å². The fourth-order valence-corrected chi connectivity index (χ4v) is 4.98. The number of carbonyl (C=O) groups excluding carboxylic acids is 1. The van der Waals surface area contributed by atoms with Gasteiger partial charge in [-0.25, -0.2) is 5.43 Å². The second-order valence-corrected chi connectivity index (χ2v) is 9.79. The van der Waals surface area contributed by atoms with Crippen LogP contribution in [0, 0.1) is 27.7 Å². The van der Waals surface area contributed by atoms with E-state index in [1.807, 2.05) is 42.1 Å². The molecule has 35 heavy (non-hydrogen) atoms. The van der Waals surface area contributed by atoms with E-state index in [1.165, 1.54) is 22.3 Å². The Labute approximate surface area is 212 Å². The molecule has 1 aromatic heterocycles. The number of hydrogen-bond acceptors (Lipinski definition) is 3. The summed E-state index contributed by atoms with van der Waals surface area (Å²) in [7, 11) is 0. The summed E-state index contributed by atoms with van der Waals surface area (Å²) in [6.07, 6.45) is 1.71. The van der Waals surface area contributed by atoms with Gasteiger partial charge in [0.15, 0.2) is 0 Å². The van der Waals surface area contributed by atoms with E-state index < -0.39 is 0 Å². The van der Waals surface area contributed by atoms with E-state index in [9.17, 15) is 4.79 Å². The first-order valence-electron chi connectivity index (χ1n) is 11.7. The molecule has 1 amide bonds. The molecule has 4 aromatic rings. The smallest absolute Gasteiger partial charge is 0.271 e. The molecule has 0 saturated heterocycles. The van der Waals surface area contributed by atoms with E-state index in [1.54, 1.807) is 6.21 Å². The van der Waals surface area contributed by atoms with Crippen molar-refractivity contribution in [3.8, 4) is 5.69 Å². The lowest BCUT2D eigenvalue weighted by Gasteiger charge is -2.11. The second-order valence-electron chi connectivity index (χ2n) is 8.80. The maximum Gasteiger partial charge on any atom is 0.271 e. The highest BCUT2D eigenvalue weighted by atomic mass is 32.2. The van der Waals surface area contributed by atoms with E-state index in [4.69, 9.17) is 0 Å². The lowest BCUT2D eigenvalue weighted by molar-refractivity contribution is 0.0955. The van der Waals surface area contributed by atoms with Gasteiger partial charge in [-0.15, -0.1) is 0 Å². The van der Waals surface area contributed by atoms with E-state index in [0.717, 1.165) is 34.1 Å². The van der Waals surface area contributed by atoms with Crippen molar-refractivity contribution < 1.29 is 4.79 Å². The standard InChI is InChI=1S/C30H31N3OS/c1-21-10-15-29(16-22(21)2)33-23(3)17-28(24(33)4)18-31-32-30(34)27-13-11-26(12-14-27)20-35-19-25-8-6-5-7-9-25/h5-18H,19-20H2,1-4H3,(H,32,34)/b31-18+. The summed E-state index contributed by atoms with van der Waals surface area (Å²) in [5.74, 6) is 1.67. The molecule has 0 aliphatic rings. The molecule has 0 saturated carbocycles. The van der Waals surface area contributed by atoms with Crippen molar-refractivity contribution in [2.75, 3.05) is 0 Å². The summed E-state index contributed by atoms with van der Waals surface area (Å²) in [5, 5.41) is 4.22. The van der Waals surface area contributed by atoms with Gasteiger partial charge in [-0.05, 0) is 80.3 Å². The van der Waals surface area contributed by atoms with Crippen LogP contribution in [0.1, 0.15) is 49.6 Å². The molecule has 0 aliphatic carbocycles. The predicted molar refractivity (Wildman–Crippen MR) is 148 cm³/mol. The van der Waals surface area contributed by atoms with Gasteiger partial charge in [0.25, 0.3) is 5.91 Å². The third kappa shape index (κ3) is 6.11. The molecule has 4 nitrogen and oxygen atoms in total. The molecule has 0 atom stereocenters. The molecule has 0 aliphatic heterocycles. The number of aryl methyl sites for hydroxylation is 3. The number of hydrazone groups is 1. The van der Waals surface area contributed by atoms with Gasteiger partial charge in [0.1, 0.15) is 0 Å². The molecular formula is C30H31N3OS. The van der Waals surface area contributed by atoms with Gasteiger partial charge in [0.05, 0.1) is 6.21 Å². The number of benzene rings is 3. The zero-order valence-corrected chi connectivity index (χ0v) is 21.5. The maximum absolute atomic E-state index is 12.6. The van der Waals surface area contributed by atoms with Crippen molar-refractivity contribution in [3.05, 3.63) is 124 Å². The number of nitrogens with one attached hydrogen (secondary N) is 1. The Bertz CT molecular complexity index is 1340. The molecule has 1 heterocycles. The third-order valence-corrected chi connectivity index (χ3v) is 7.26. The summed E-state index contributed by atoms with van der Waals surface area (Å²) < 4.78 is 2.21. The summed E-state index contributed by atoms with van der Waals surface area (Å²) in [5.41, 5.74) is 12.6. The molecule has 4 rings (SSSR count). The van der Waals surface area contributed by atoms with Gasteiger partial charge in [0.2, 0.25) is 0 Å². The summed E-state index contributed by atoms with van der Waals surface area (Å²) in [6, 6.07) is 26.7. The van der Waals surface area contributed by atoms with Crippen LogP contribution >= 0.6 is 11.8 Å². The Balaban J connectivity index is 1.34. The van der Waals surface area contributed by atoms with Crippen LogP contribution < -0.4 is 5.43 Å². The van der Waals surface area contributed by atoms with E-state index in [2.05, 4.69) is 91.3 Å². The van der Waals surface area contributed by atoms with Gasteiger partial charge in [-0.1, -0.05) is 48.5 Å². The summed E-state index contributed by atoms with van der Waals surface area (Å²) in [6.45, 7) is 8.40. The van der Waals surface area contributed by atoms with Gasteiger partial charge >= 0.3 is 0 Å². The molecule has 5 heteroatoms. The molecule has 0 bridgehead atoms. The van der Waals surface area contributed by atoms with Crippen molar-refractivity contribution in [1.82, 2.24) is 9.99 Å². The van der Waals surface area contributed by atoms with Crippen LogP contribution in [-0.2, 0) is 11.5 Å². The molecule has 0 unspecified atom stereocenters. The van der Waals surface area contributed by atoms with Gasteiger partial charge in [-0.2, -0.15) is 16.9 Å². The minimum absolute atomic E-state index is 0.215. The Morgan fingerprint density at radius 3 is 2.23 bits per heavy atom.